The van der Waals surface area contributed by atoms with Gasteiger partial charge in [-0.1, -0.05) is 71.5 Å². The van der Waals surface area contributed by atoms with Gasteiger partial charge in [-0.25, -0.2) is 4.98 Å². The first-order valence-electron chi connectivity index (χ1n) is 8.58. The lowest BCUT2D eigenvalue weighted by molar-refractivity contribution is 0.267. The van der Waals surface area contributed by atoms with E-state index in [9.17, 15) is 5.11 Å². The largest absolute Gasteiger partial charge is 0.492 e. The fourth-order valence-corrected chi connectivity index (χ4v) is 4.69. The summed E-state index contributed by atoms with van der Waals surface area (Å²) < 4.78 is 1.50. The lowest BCUT2D eigenvalue weighted by Crippen LogP contribution is -2.25. The Morgan fingerprint density at radius 2 is 1.85 bits per heavy atom. The molecule has 0 saturated carbocycles. The maximum Gasteiger partial charge on any atom is 0.230 e. The highest BCUT2D eigenvalue weighted by molar-refractivity contribution is 7.17. The summed E-state index contributed by atoms with van der Waals surface area (Å²) in [5.74, 6) is 0.746. The second kappa shape index (κ2) is 7.31. The van der Waals surface area contributed by atoms with Gasteiger partial charge >= 0.3 is 0 Å². The highest BCUT2D eigenvalue weighted by Gasteiger charge is 2.29. The van der Waals surface area contributed by atoms with Crippen molar-refractivity contribution in [2.75, 3.05) is 7.05 Å². The Kier molecular flexibility index (Phi) is 4.86. The van der Waals surface area contributed by atoms with E-state index in [4.69, 9.17) is 11.6 Å². The number of hydrogen-bond acceptors (Lipinski definition) is 5. The number of thiazole rings is 1. The third-order valence-electron chi connectivity index (χ3n) is 4.47. The molecule has 0 spiro atoms. The molecule has 1 unspecified atom stereocenters. The number of aromatic hydroxyl groups is 1. The summed E-state index contributed by atoms with van der Waals surface area (Å²) in [4.78, 5) is 8.02. The maximum absolute atomic E-state index is 10.8. The SMILES string of the molecule is Cc1nc2sc(C(c3ccccc3Cl)N(C)Cc3ccccc3)c(O)n2n1. The number of halogens is 1. The van der Waals surface area contributed by atoms with Crippen LogP contribution in [0.5, 0.6) is 5.88 Å². The van der Waals surface area contributed by atoms with Gasteiger partial charge in [0.25, 0.3) is 0 Å². The Labute approximate surface area is 166 Å². The smallest absolute Gasteiger partial charge is 0.230 e. The van der Waals surface area contributed by atoms with E-state index in [1.165, 1.54) is 21.4 Å². The number of fused-ring (bicyclic) bond motifs is 1. The van der Waals surface area contributed by atoms with E-state index in [1.807, 2.05) is 56.4 Å². The Bertz CT molecular complexity index is 1080. The summed E-state index contributed by atoms with van der Waals surface area (Å²) in [5.41, 5.74) is 2.13. The van der Waals surface area contributed by atoms with Crippen LogP contribution in [0.15, 0.2) is 54.6 Å². The zero-order valence-corrected chi connectivity index (χ0v) is 16.6. The third kappa shape index (κ3) is 3.43. The molecule has 4 aromatic rings. The first-order valence-corrected chi connectivity index (χ1v) is 9.77. The number of aromatic nitrogens is 3. The molecule has 0 fully saturated rings. The van der Waals surface area contributed by atoms with Crippen molar-refractivity contribution in [1.82, 2.24) is 19.5 Å². The van der Waals surface area contributed by atoms with Gasteiger partial charge in [-0.15, -0.1) is 5.10 Å². The van der Waals surface area contributed by atoms with Gasteiger partial charge in [-0.2, -0.15) is 4.52 Å². The Morgan fingerprint density at radius 1 is 1.15 bits per heavy atom. The van der Waals surface area contributed by atoms with Crippen LogP contribution in [-0.2, 0) is 6.54 Å². The highest BCUT2D eigenvalue weighted by Crippen LogP contribution is 2.41. The second-order valence-corrected chi connectivity index (χ2v) is 7.88. The van der Waals surface area contributed by atoms with E-state index in [0.717, 1.165) is 10.4 Å². The first-order chi connectivity index (χ1) is 13.0. The molecule has 7 heteroatoms. The molecule has 0 bridgehead atoms. The van der Waals surface area contributed by atoms with Gasteiger partial charge in [0.05, 0.1) is 10.9 Å². The van der Waals surface area contributed by atoms with Gasteiger partial charge in [-0.3, -0.25) is 4.90 Å². The molecule has 0 aliphatic rings. The van der Waals surface area contributed by atoms with Gasteiger partial charge in [0.15, 0.2) is 0 Å². The van der Waals surface area contributed by atoms with Crippen molar-refractivity contribution in [3.05, 3.63) is 81.4 Å². The fraction of sp³-hybridized carbons (Fsp3) is 0.200. The molecular formula is C20H19ClN4OS. The number of aryl methyl sites for hydroxylation is 1. The molecule has 4 rings (SSSR count). The maximum atomic E-state index is 10.8. The van der Waals surface area contributed by atoms with Crippen LogP contribution in [-0.4, -0.2) is 31.7 Å². The zero-order valence-electron chi connectivity index (χ0n) is 15.0. The van der Waals surface area contributed by atoms with Crippen molar-refractivity contribution in [3.63, 3.8) is 0 Å². The van der Waals surface area contributed by atoms with Crippen LogP contribution in [0, 0.1) is 6.92 Å². The van der Waals surface area contributed by atoms with E-state index < -0.39 is 0 Å². The van der Waals surface area contributed by atoms with Crippen molar-refractivity contribution in [3.8, 4) is 5.88 Å². The quantitative estimate of drug-likeness (QED) is 0.530. The monoisotopic (exact) mass is 398 g/mol. The Morgan fingerprint density at radius 3 is 2.56 bits per heavy atom. The van der Waals surface area contributed by atoms with Crippen molar-refractivity contribution in [2.45, 2.75) is 19.5 Å². The molecule has 0 aliphatic carbocycles. The second-order valence-electron chi connectivity index (χ2n) is 6.47. The minimum absolute atomic E-state index is 0.112. The van der Waals surface area contributed by atoms with E-state index in [1.54, 1.807) is 0 Å². The third-order valence-corrected chi connectivity index (χ3v) is 5.89. The van der Waals surface area contributed by atoms with Crippen LogP contribution in [0.25, 0.3) is 4.96 Å². The van der Waals surface area contributed by atoms with Gasteiger partial charge in [0, 0.05) is 11.6 Å². The van der Waals surface area contributed by atoms with Crippen molar-refractivity contribution < 1.29 is 5.11 Å². The first kappa shape index (κ1) is 18.0. The van der Waals surface area contributed by atoms with Gasteiger partial charge in [-0.05, 0) is 31.2 Å². The summed E-state index contributed by atoms with van der Waals surface area (Å²) >= 11 is 7.96. The minimum Gasteiger partial charge on any atom is -0.492 e. The van der Waals surface area contributed by atoms with Crippen LogP contribution in [0.3, 0.4) is 0 Å². The van der Waals surface area contributed by atoms with Gasteiger partial charge in [0.2, 0.25) is 10.8 Å². The molecule has 2 aromatic carbocycles. The van der Waals surface area contributed by atoms with Crippen molar-refractivity contribution >= 4 is 27.9 Å². The topological polar surface area (TPSA) is 53.7 Å². The molecule has 0 amide bonds. The van der Waals surface area contributed by atoms with Crippen LogP contribution in [0.4, 0.5) is 0 Å². The van der Waals surface area contributed by atoms with Crippen LogP contribution < -0.4 is 0 Å². The molecule has 138 valence electrons. The molecule has 2 heterocycles. The van der Waals surface area contributed by atoms with E-state index in [-0.39, 0.29) is 11.9 Å². The lowest BCUT2D eigenvalue weighted by Gasteiger charge is -2.28. The van der Waals surface area contributed by atoms with Crippen LogP contribution in [0.2, 0.25) is 5.02 Å². The zero-order chi connectivity index (χ0) is 19.0. The van der Waals surface area contributed by atoms with Crippen molar-refractivity contribution in [1.29, 1.82) is 0 Å². The molecule has 1 atom stereocenters. The lowest BCUT2D eigenvalue weighted by atomic mass is 10.0. The summed E-state index contributed by atoms with van der Waals surface area (Å²) in [7, 11) is 2.03. The van der Waals surface area contributed by atoms with Crippen LogP contribution in [0.1, 0.15) is 27.9 Å². The van der Waals surface area contributed by atoms with E-state index in [0.29, 0.717) is 22.4 Å². The van der Waals surface area contributed by atoms with Crippen LogP contribution >= 0.6 is 22.9 Å². The molecule has 0 radical (unpaired) electrons. The molecule has 0 saturated heterocycles. The van der Waals surface area contributed by atoms with Gasteiger partial charge in [0.1, 0.15) is 5.82 Å². The number of rotatable bonds is 5. The molecule has 1 N–H and O–H groups in total. The Balaban J connectivity index is 1.81. The predicted octanol–water partition coefficient (Wildman–Crippen LogP) is 4.68. The fourth-order valence-electron chi connectivity index (χ4n) is 3.26. The summed E-state index contributed by atoms with van der Waals surface area (Å²) in [5, 5.41) is 15.8. The normalized spacial score (nSPS) is 12.7. The van der Waals surface area contributed by atoms with E-state index >= 15 is 0 Å². The number of benzene rings is 2. The van der Waals surface area contributed by atoms with E-state index in [2.05, 4.69) is 27.1 Å². The molecule has 27 heavy (non-hydrogen) atoms. The minimum atomic E-state index is -0.215. The Hall–Kier alpha value is -2.41. The standard InChI is InChI=1S/C20H19ClN4OS/c1-13-22-20-25(23-13)19(26)18(27-20)17(15-10-6-7-11-16(15)21)24(2)12-14-8-4-3-5-9-14/h3-11,17,26H,12H2,1-2H3. The molecule has 2 aromatic heterocycles. The molecule has 0 aliphatic heterocycles. The van der Waals surface area contributed by atoms with Gasteiger partial charge < -0.3 is 5.11 Å². The number of nitrogens with zero attached hydrogens (tertiary/aromatic N) is 4. The summed E-state index contributed by atoms with van der Waals surface area (Å²) in [6, 6.07) is 17.8. The highest BCUT2D eigenvalue weighted by atomic mass is 35.5. The average molecular weight is 399 g/mol. The van der Waals surface area contributed by atoms with Crippen molar-refractivity contribution in [2.24, 2.45) is 0 Å². The number of hydrogen-bond donors (Lipinski definition) is 1. The average Bonchev–Trinajstić information content (AvgIpc) is 3.15. The predicted molar refractivity (Wildman–Crippen MR) is 108 cm³/mol. The molecular weight excluding hydrogens is 380 g/mol. The molecule has 5 nitrogen and oxygen atoms in total. The summed E-state index contributed by atoms with van der Waals surface area (Å²) in [6.45, 7) is 2.52. The summed E-state index contributed by atoms with van der Waals surface area (Å²) in [6.07, 6.45) is 0.